The molecule has 0 aromatic rings. The first-order valence-corrected chi connectivity index (χ1v) is 6.73. The van der Waals surface area contributed by atoms with Gasteiger partial charge in [-0.15, -0.1) is 0 Å². The van der Waals surface area contributed by atoms with E-state index in [0.717, 1.165) is 38.8 Å². The highest BCUT2D eigenvalue weighted by atomic mass is 16.2. The standard InChI is InChI=1S/C13H26N2O/c1-3-5-8-12(14)13(16)15-9-6-7-11(4-2)10-15/h11-12H,3-10,14H2,1-2H3/t11?,12-/m0/s1. The van der Waals surface area contributed by atoms with Crippen molar-refractivity contribution in [1.29, 1.82) is 0 Å². The Morgan fingerprint density at radius 1 is 1.50 bits per heavy atom. The van der Waals surface area contributed by atoms with E-state index >= 15 is 0 Å². The minimum atomic E-state index is -0.268. The first kappa shape index (κ1) is 13.5. The molecule has 0 radical (unpaired) electrons. The summed E-state index contributed by atoms with van der Waals surface area (Å²) in [7, 11) is 0. The average molecular weight is 226 g/mol. The fourth-order valence-electron chi connectivity index (χ4n) is 2.38. The SMILES string of the molecule is CCCC[C@H](N)C(=O)N1CCCC(CC)C1. The van der Waals surface area contributed by atoms with Crippen LogP contribution in [0.3, 0.4) is 0 Å². The lowest BCUT2D eigenvalue weighted by Gasteiger charge is -2.33. The zero-order valence-corrected chi connectivity index (χ0v) is 10.7. The van der Waals surface area contributed by atoms with Crippen molar-refractivity contribution in [1.82, 2.24) is 4.90 Å². The second kappa shape index (κ2) is 6.89. The fourth-order valence-corrected chi connectivity index (χ4v) is 2.38. The van der Waals surface area contributed by atoms with Crippen molar-refractivity contribution in [2.24, 2.45) is 11.7 Å². The largest absolute Gasteiger partial charge is 0.341 e. The zero-order chi connectivity index (χ0) is 12.0. The van der Waals surface area contributed by atoms with E-state index < -0.39 is 0 Å². The van der Waals surface area contributed by atoms with Crippen molar-refractivity contribution >= 4 is 5.91 Å². The molecule has 0 spiro atoms. The lowest BCUT2D eigenvalue weighted by atomic mass is 9.95. The molecule has 1 aliphatic rings. The van der Waals surface area contributed by atoms with Crippen LogP contribution in [0, 0.1) is 5.92 Å². The summed E-state index contributed by atoms with van der Waals surface area (Å²) in [6.45, 7) is 6.17. The Balaban J connectivity index is 2.40. The number of nitrogens with zero attached hydrogens (tertiary/aromatic N) is 1. The number of unbranched alkanes of at least 4 members (excludes halogenated alkanes) is 1. The third-order valence-corrected chi connectivity index (χ3v) is 3.59. The van der Waals surface area contributed by atoms with Crippen LogP contribution in [-0.4, -0.2) is 29.9 Å². The van der Waals surface area contributed by atoms with Gasteiger partial charge in [-0.3, -0.25) is 4.79 Å². The topological polar surface area (TPSA) is 46.3 Å². The Labute approximate surface area is 99.4 Å². The number of nitrogens with two attached hydrogens (primary N) is 1. The monoisotopic (exact) mass is 226 g/mol. The molecule has 94 valence electrons. The third kappa shape index (κ3) is 3.78. The van der Waals surface area contributed by atoms with E-state index in [-0.39, 0.29) is 11.9 Å². The quantitative estimate of drug-likeness (QED) is 0.781. The van der Waals surface area contributed by atoms with Gasteiger partial charge in [-0.25, -0.2) is 0 Å². The summed E-state index contributed by atoms with van der Waals surface area (Å²) in [4.78, 5) is 14.1. The van der Waals surface area contributed by atoms with Gasteiger partial charge in [-0.1, -0.05) is 33.1 Å². The number of hydrogen-bond donors (Lipinski definition) is 1. The molecule has 1 amide bonds. The van der Waals surface area contributed by atoms with Crippen LogP contribution in [0.5, 0.6) is 0 Å². The molecule has 1 unspecified atom stereocenters. The van der Waals surface area contributed by atoms with Gasteiger partial charge in [0.25, 0.3) is 0 Å². The summed E-state index contributed by atoms with van der Waals surface area (Å²) in [5.74, 6) is 0.864. The Morgan fingerprint density at radius 2 is 2.25 bits per heavy atom. The summed E-state index contributed by atoms with van der Waals surface area (Å²) < 4.78 is 0. The lowest BCUT2D eigenvalue weighted by Crippen LogP contribution is -2.47. The van der Waals surface area contributed by atoms with E-state index in [9.17, 15) is 4.79 Å². The lowest BCUT2D eigenvalue weighted by molar-refractivity contribution is -0.134. The van der Waals surface area contributed by atoms with Crippen molar-refractivity contribution in [2.75, 3.05) is 13.1 Å². The van der Waals surface area contributed by atoms with Crippen molar-refractivity contribution < 1.29 is 4.79 Å². The molecule has 1 heterocycles. The van der Waals surface area contributed by atoms with Crippen LogP contribution in [0.25, 0.3) is 0 Å². The van der Waals surface area contributed by atoms with Gasteiger partial charge in [-0.05, 0) is 25.2 Å². The molecular weight excluding hydrogens is 200 g/mol. The summed E-state index contributed by atoms with van der Waals surface area (Å²) in [5.41, 5.74) is 5.93. The molecule has 0 aromatic carbocycles. The number of carbonyl (C=O) groups excluding carboxylic acids is 1. The van der Waals surface area contributed by atoms with Crippen LogP contribution in [0.4, 0.5) is 0 Å². The van der Waals surface area contributed by atoms with Gasteiger partial charge in [-0.2, -0.15) is 0 Å². The van der Waals surface area contributed by atoms with E-state index in [1.54, 1.807) is 0 Å². The van der Waals surface area contributed by atoms with E-state index in [1.165, 1.54) is 12.8 Å². The van der Waals surface area contributed by atoms with Crippen LogP contribution in [-0.2, 0) is 4.79 Å². The molecule has 2 N–H and O–H groups in total. The van der Waals surface area contributed by atoms with Crippen molar-refractivity contribution in [2.45, 2.75) is 58.4 Å². The normalized spacial score (nSPS) is 23.2. The average Bonchev–Trinajstić information content (AvgIpc) is 2.35. The van der Waals surface area contributed by atoms with Crippen LogP contribution in [0.1, 0.15) is 52.4 Å². The molecule has 0 saturated carbocycles. The molecule has 1 saturated heterocycles. The number of carbonyl (C=O) groups is 1. The molecule has 0 bridgehead atoms. The maximum Gasteiger partial charge on any atom is 0.239 e. The fraction of sp³-hybridized carbons (Fsp3) is 0.923. The summed E-state index contributed by atoms with van der Waals surface area (Å²) >= 11 is 0. The molecule has 3 heteroatoms. The Bertz CT molecular complexity index is 218. The van der Waals surface area contributed by atoms with Gasteiger partial charge >= 0.3 is 0 Å². The smallest absolute Gasteiger partial charge is 0.239 e. The molecule has 0 aromatic heterocycles. The van der Waals surface area contributed by atoms with Gasteiger partial charge in [0.05, 0.1) is 6.04 Å². The summed E-state index contributed by atoms with van der Waals surface area (Å²) in [5, 5.41) is 0. The van der Waals surface area contributed by atoms with Crippen LogP contribution in [0.2, 0.25) is 0 Å². The Kier molecular flexibility index (Phi) is 5.81. The van der Waals surface area contributed by atoms with Gasteiger partial charge in [0.15, 0.2) is 0 Å². The summed E-state index contributed by atoms with van der Waals surface area (Å²) in [6, 6.07) is -0.268. The van der Waals surface area contributed by atoms with Crippen molar-refractivity contribution in [3.05, 3.63) is 0 Å². The molecule has 16 heavy (non-hydrogen) atoms. The highest BCUT2D eigenvalue weighted by Crippen LogP contribution is 2.20. The molecule has 1 fully saturated rings. The molecule has 1 rings (SSSR count). The molecule has 1 aliphatic heterocycles. The predicted octanol–water partition coefficient (Wildman–Crippen LogP) is 2.15. The predicted molar refractivity (Wildman–Crippen MR) is 67.1 cm³/mol. The Morgan fingerprint density at radius 3 is 2.88 bits per heavy atom. The first-order valence-electron chi connectivity index (χ1n) is 6.73. The second-order valence-corrected chi connectivity index (χ2v) is 4.95. The molecule has 3 nitrogen and oxygen atoms in total. The third-order valence-electron chi connectivity index (χ3n) is 3.59. The highest BCUT2D eigenvalue weighted by Gasteiger charge is 2.25. The van der Waals surface area contributed by atoms with Gasteiger partial charge in [0, 0.05) is 13.1 Å². The minimum Gasteiger partial charge on any atom is -0.341 e. The highest BCUT2D eigenvalue weighted by molar-refractivity contribution is 5.81. The Hall–Kier alpha value is -0.570. The number of hydrogen-bond acceptors (Lipinski definition) is 2. The maximum atomic E-state index is 12.1. The van der Waals surface area contributed by atoms with Gasteiger partial charge in [0.1, 0.15) is 0 Å². The first-order chi connectivity index (χ1) is 7.69. The van der Waals surface area contributed by atoms with E-state index in [2.05, 4.69) is 13.8 Å². The maximum absolute atomic E-state index is 12.1. The van der Waals surface area contributed by atoms with Gasteiger partial charge < -0.3 is 10.6 Å². The molecular formula is C13H26N2O. The van der Waals surface area contributed by atoms with Crippen LogP contribution in [0.15, 0.2) is 0 Å². The number of likely N-dealkylation sites (tertiary alicyclic amines) is 1. The van der Waals surface area contributed by atoms with Crippen LogP contribution >= 0.6 is 0 Å². The molecule has 0 aliphatic carbocycles. The van der Waals surface area contributed by atoms with E-state index in [4.69, 9.17) is 5.73 Å². The van der Waals surface area contributed by atoms with E-state index in [1.807, 2.05) is 4.90 Å². The zero-order valence-electron chi connectivity index (χ0n) is 10.7. The summed E-state index contributed by atoms with van der Waals surface area (Å²) in [6.07, 6.45) is 6.59. The molecule has 2 atom stereocenters. The van der Waals surface area contributed by atoms with Crippen LogP contribution < -0.4 is 5.73 Å². The second-order valence-electron chi connectivity index (χ2n) is 4.95. The van der Waals surface area contributed by atoms with Gasteiger partial charge in [0.2, 0.25) is 5.91 Å². The minimum absolute atomic E-state index is 0.173. The number of piperidine rings is 1. The van der Waals surface area contributed by atoms with Crippen molar-refractivity contribution in [3.8, 4) is 0 Å². The number of amides is 1. The van der Waals surface area contributed by atoms with E-state index in [0.29, 0.717) is 5.92 Å². The number of rotatable bonds is 5. The van der Waals surface area contributed by atoms with Crippen molar-refractivity contribution in [3.63, 3.8) is 0 Å².